The number of allylic oxidation sites excluding steroid dienone is 1. The molecule has 186 valence electrons. The van der Waals surface area contributed by atoms with Crippen LogP contribution >= 0.6 is 8.58 Å². The van der Waals surface area contributed by atoms with Gasteiger partial charge < -0.3 is 10.6 Å². The van der Waals surface area contributed by atoms with Crippen LogP contribution in [-0.2, 0) is 6.54 Å². The Balaban J connectivity index is 0.000000872. The summed E-state index contributed by atoms with van der Waals surface area (Å²) in [6, 6.07) is 11.1. The molecule has 0 saturated heterocycles. The lowest BCUT2D eigenvalue weighted by Crippen LogP contribution is -2.20. The molecule has 0 amide bonds. The van der Waals surface area contributed by atoms with Gasteiger partial charge in [-0.15, -0.1) is 0 Å². The molecular formula is C31H47N2P. The highest BCUT2D eigenvalue weighted by atomic mass is 31.1. The van der Waals surface area contributed by atoms with E-state index in [1.54, 1.807) is 0 Å². The van der Waals surface area contributed by atoms with Gasteiger partial charge in [0.25, 0.3) is 0 Å². The first-order chi connectivity index (χ1) is 16.3. The van der Waals surface area contributed by atoms with E-state index in [1.807, 2.05) is 13.8 Å². The molecule has 2 aromatic rings. The average Bonchev–Trinajstić information content (AvgIpc) is 2.83. The molecule has 1 heterocycles. The molecule has 1 unspecified atom stereocenters. The third-order valence-electron chi connectivity index (χ3n) is 5.76. The van der Waals surface area contributed by atoms with Crippen molar-refractivity contribution in [3.05, 3.63) is 88.8 Å². The Kier molecular flexibility index (Phi) is 13.6. The summed E-state index contributed by atoms with van der Waals surface area (Å²) in [4.78, 5) is 0. The van der Waals surface area contributed by atoms with Crippen LogP contribution in [0.5, 0.6) is 0 Å². The van der Waals surface area contributed by atoms with Crippen LogP contribution in [0.2, 0.25) is 0 Å². The molecular weight excluding hydrogens is 431 g/mol. The van der Waals surface area contributed by atoms with E-state index in [4.69, 9.17) is 0 Å². The fourth-order valence-electron chi connectivity index (χ4n) is 3.54. The summed E-state index contributed by atoms with van der Waals surface area (Å²) >= 11 is 0. The van der Waals surface area contributed by atoms with Crippen molar-refractivity contribution in [2.24, 2.45) is 0 Å². The monoisotopic (exact) mass is 478 g/mol. The molecule has 0 fully saturated rings. The number of benzene rings is 2. The lowest BCUT2D eigenvalue weighted by atomic mass is 9.91. The van der Waals surface area contributed by atoms with E-state index >= 15 is 0 Å². The van der Waals surface area contributed by atoms with Crippen molar-refractivity contribution in [1.29, 1.82) is 0 Å². The summed E-state index contributed by atoms with van der Waals surface area (Å²) in [5.74, 6) is 0. The first-order valence-corrected chi connectivity index (χ1v) is 14.1. The molecule has 2 N–H and O–H groups in total. The SMILES string of the molecule is C=C1NC(=C)c2ccc(C)cc2/C1=C/NCc1cc(C)c(C)c(PCCC)c1.CC.CCCC. The third-order valence-corrected chi connectivity index (χ3v) is 7.41. The maximum Gasteiger partial charge on any atom is 0.0405 e. The van der Waals surface area contributed by atoms with Crippen LogP contribution in [0.1, 0.15) is 87.3 Å². The van der Waals surface area contributed by atoms with E-state index in [1.165, 1.54) is 58.5 Å². The van der Waals surface area contributed by atoms with Crippen molar-refractivity contribution in [3.8, 4) is 0 Å². The summed E-state index contributed by atoms with van der Waals surface area (Å²) in [5.41, 5.74) is 10.6. The van der Waals surface area contributed by atoms with E-state index < -0.39 is 0 Å². The van der Waals surface area contributed by atoms with Gasteiger partial charge in [-0.2, -0.15) is 0 Å². The zero-order chi connectivity index (χ0) is 25.7. The summed E-state index contributed by atoms with van der Waals surface area (Å²) in [6.45, 7) is 26.3. The molecule has 1 aliphatic rings. The summed E-state index contributed by atoms with van der Waals surface area (Å²) in [7, 11) is 0.896. The van der Waals surface area contributed by atoms with Crippen LogP contribution in [0.15, 0.2) is 55.4 Å². The minimum atomic E-state index is 0.809. The van der Waals surface area contributed by atoms with Crippen molar-refractivity contribution < 1.29 is 0 Å². The highest BCUT2D eigenvalue weighted by Gasteiger charge is 2.19. The number of fused-ring (bicyclic) bond motifs is 1. The summed E-state index contributed by atoms with van der Waals surface area (Å²) < 4.78 is 0. The minimum absolute atomic E-state index is 0.809. The Morgan fingerprint density at radius 2 is 1.56 bits per heavy atom. The molecule has 0 bridgehead atoms. The first-order valence-electron chi connectivity index (χ1n) is 12.9. The smallest absolute Gasteiger partial charge is 0.0405 e. The van der Waals surface area contributed by atoms with Crippen LogP contribution in [0.4, 0.5) is 0 Å². The number of aryl methyl sites for hydroxylation is 2. The van der Waals surface area contributed by atoms with Crippen molar-refractivity contribution in [2.45, 2.75) is 81.2 Å². The molecule has 2 aromatic carbocycles. The van der Waals surface area contributed by atoms with Gasteiger partial charge in [0.15, 0.2) is 0 Å². The summed E-state index contributed by atoms with van der Waals surface area (Å²) in [6.07, 6.45) is 7.24. The molecule has 34 heavy (non-hydrogen) atoms. The third kappa shape index (κ3) is 8.48. The second-order valence-electron chi connectivity index (χ2n) is 8.58. The van der Waals surface area contributed by atoms with Crippen LogP contribution in [0, 0.1) is 20.8 Å². The van der Waals surface area contributed by atoms with Gasteiger partial charge in [-0.25, -0.2) is 0 Å². The fraction of sp³-hybridized carbons (Fsp3) is 0.419. The maximum atomic E-state index is 4.19. The highest BCUT2D eigenvalue weighted by Crippen LogP contribution is 2.33. The van der Waals surface area contributed by atoms with Gasteiger partial charge in [-0.05, 0) is 60.6 Å². The van der Waals surface area contributed by atoms with Gasteiger partial charge in [0.2, 0.25) is 0 Å². The van der Waals surface area contributed by atoms with Crippen molar-refractivity contribution in [2.75, 3.05) is 6.16 Å². The molecule has 0 spiro atoms. The summed E-state index contributed by atoms with van der Waals surface area (Å²) in [5, 5.41) is 8.33. The lowest BCUT2D eigenvalue weighted by molar-refractivity contribution is 0.868. The molecule has 2 nitrogen and oxygen atoms in total. The predicted molar refractivity (Wildman–Crippen MR) is 158 cm³/mol. The molecule has 3 heteroatoms. The van der Waals surface area contributed by atoms with Crippen LogP contribution in [0.3, 0.4) is 0 Å². The van der Waals surface area contributed by atoms with Crippen molar-refractivity contribution in [3.63, 3.8) is 0 Å². The van der Waals surface area contributed by atoms with Crippen LogP contribution < -0.4 is 15.9 Å². The number of unbranched alkanes of at least 4 members (excludes halogenated alkanes) is 1. The minimum Gasteiger partial charge on any atom is -0.386 e. The topological polar surface area (TPSA) is 24.1 Å². The molecule has 0 aromatic heterocycles. The van der Waals surface area contributed by atoms with Crippen molar-refractivity contribution >= 4 is 25.2 Å². The molecule has 0 radical (unpaired) electrons. The quantitative estimate of drug-likeness (QED) is 0.391. The Hall–Kier alpha value is -2.31. The zero-order valence-electron chi connectivity index (χ0n) is 22.9. The fourth-order valence-corrected chi connectivity index (χ4v) is 4.81. The second-order valence-corrected chi connectivity index (χ2v) is 9.97. The van der Waals surface area contributed by atoms with Gasteiger partial charge in [0.1, 0.15) is 0 Å². The van der Waals surface area contributed by atoms with E-state index in [0.717, 1.165) is 37.7 Å². The highest BCUT2D eigenvalue weighted by molar-refractivity contribution is 7.47. The first kappa shape index (κ1) is 29.7. The van der Waals surface area contributed by atoms with Gasteiger partial charge in [0, 0.05) is 35.3 Å². The Labute approximate surface area is 211 Å². The molecule has 1 atom stereocenters. The van der Waals surface area contributed by atoms with E-state index in [2.05, 4.69) is 102 Å². The molecule has 3 rings (SSSR count). The van der Waals surface area contributed by atoms with Crippen LogP contribution in [-0.4, -0.2) is 6.16 Å². The standard InChI is InChI=1S/C25H31N2P.C4H10.C2H6/c1-7-10-28-25-13-21(12-17(3)18(25)4)14-26-15-24-20(6)27-19(5)22-9-8-16(2)11-23(22)24;1-3-4-2;1-2/h8-9,11-13,15,26-28H,5-7,10,14H2,1-4H3;3-4H2,1-2H3;1-2H3/b24-15+;;. The maximum absolute atomic E-state index is 4.19. The number of hydrogen-bond acceptors (Lipinski definition) is 2. The molecule has 0 saturated carbocycles. The van der Waals surface area contributed by atoms with E-state index in [0.29, 0.717) is 0 Å². The van der Waals surface area contributed by atoms with Gasteiger partial charge >= 0.3 is 0 Å². The zero-order valence-corrected chi connectivity index (χ0v) is 23.9. The normalized spacial score (nSPS) is 13.6. The molecule has 0 aliphatic carbocycles. The second kappa shape index (κ2) is 15.6. The Bertz CT molecular complexity index is 983. The van der Waals surface area contributed by atoms with Gasteiger partial charge in [-0.3, -0.25) is 0 Å². The van der Waals surface area contributed by atoms with Gasteiger partial charge in [0.05, 0.1) is 0 Å². The number of nitrogens with one attached hydrogen (secondary N) is 2. The number of hydrogen-bond donors (Lipinski definition) is 2. The predicted octanol–water partition coefficient (Wildman–Crippen LogP) is 8.38. The average molecular weight is 479 g/mol. The van der Waals surface area contributed by atoms with Crippen LogP contribution in [0.25, 0.3) is 11.3 Å². The van der Waals surface area contributed by atoms with Gasteiger partial charge in [-0.1, -0.05) is 105 Å². The van der Waals surface area contributed by atoms with E-state index in [-0.39, 0.29) is 0 Å². The molecule has 1 aliphatic heterocycles. The van der Waals surface area contributed by atoms with E-state index in [9.17, 15) is 0 Å². The Morgan fingerprint density at radius 3 is 2.18 bits per heavy atom. The lowest BCUT2D eigenvalue weighted by Gasteiger charge is -2.25. The Morgan fingerprint density at radius 1 is 0.882 bits per heavy atom. The van der Waals surface area contributed by atoms with Crippen molar-refractivity contribution in [1.82, 2.24) is 10.6 Å². The number of rotatable bonds is 7. The largest absolute Gasteiger partial charge is 0.386 e.